The van der Waals surface area contributed by atoms with Gasteiger partial charge in [-0.3, -0.25) is 4.79 Å². The fourth-order valence-corrected chi connectivity index (χ4v) is 3.83. The maximum Gasteiger partial charge on any atom is 0.338 e. The lowest BCUT2D eigenvalue weighted by Crippen LogP contribution is -2.31. The highest BCUT2D eigenvalue weighted by Crippen LogP contribution is 2.16. The minimum absolute atomic E-state index is 0.00209. The molecule has 0 aliphatic rings. The zero-order valence-electron chi connectivity index (χ0n) is 17.8. The molecule has 11 heteroatoms. The molecule has 10 nitrogen and oxygen atoms in total. The zero-order chi connectivity index (χ0) is 23.3. The molecule has 3 aromatic rings. The lowest BCUT2D eigenvalue weighted by molar-refractivity contribution is -0.123. The van der Waals surface area contributed by atoms with E-state index in [-0.39, 0.29) is 23.0 Å². The van der Waals surface area contributed by atoms with Crippen LogP contribution in [0.15, 0.2) is 64.2 Å². The van der Waals surface area contributed by atoms with Gasteiger partial charge in [0, 0.05) is 12.1 Å². The molecule has 0 saturated heterocycles. The van der Waals surface area contributed by atoms with Crippen molar-refractivity contribution in [2.24, 2.45) is 0 Å². The van der Waals surface area contributed by atoms with Gasteiger partial charge in [-0.15, -0.1) is 0 Å². The molecule has 1 atom stereocenters. The van der Waals surface area contributed by atoms with Gasteiger partial charge in [0.15, 0.2) is 6.10 Å². The molecule has 3 rings (SSSR count). The second-order valence-corrected chi connectivity index (χ2v) is 8.99. The molecule has 170 valence electrons. The zero-order valence-corrected chi connectivity index (χ0v) is 18.6. The first-order chi connectivity index (χ1) is 15.2. The largest absolute Gasteiger partial charge is 0.468 e. The number of carbonyl (C=O) groups excluding carboxylic acids is 2. The van der Waals surface area contributed by atoms with Crippen LogP contribution in [0.1, 0.15) is 42.9 Å². The van der Waals surface area contributed by atoms with Crippen molar-refractivity contribution < 1.29 is 27.2 Å². The summed E-state index contributed by atoms with van der Waals surface area (Å²) in [5.41, 5.74) is -0.00209. The van der Waals surface area contributed by atoms with Crippen LogP contribution in [0.3, 0.4) is 0 Å². The monoisotopic (exact) mass is 460 g/mol. The Morgan fingerprint density at radius 2 is 1.94 bits per heavy atom. The Labute approximate surface area is 185 Å². The van der Waals surface area contributed by atoms with Crippen molar-refractivity contribution in [2.75, 3.05) is 5.32 Å². The van der Waals surface area contributed by atoms with Gasteiger partial charge < -0.3 is 14.5 Å². The number of rotatable bonds is 9. The van der Waals surface area contributed by atoms with Gasteiger partial charge in [-0.2, -0.15) is 5.10 Å². The van der Waals surface area contributed by atoms with Gasteiger partial charge in [0.25, 0.3) is 5.91 Å². The fraction of sp³-hybridized carbons (Fsp3) is 0.286. The van der Waals surface area contributed by atoms with Crippen LogP contribution in [0.4, 0.5) is 5.82 Å². The molecular formula is C21H24N4O6S. The number of hydrogen-bond acceptors (Lipinski definition) is 7. The lowest BCUT2D eigenvalue weighted by Gasteiger charge is -2.16. The molecule has 0 spiro atoms. The lowest BCUT2D eigenvalue weighted by atomic mass is 10.2. The third-order valence-electron chi connectivity index (χ3n) is 4.46. The highest BCUT2D eigenvalue weighted by Gasteiger charge is 2.22. The SMILES string of the molecule is CC(C)n1nccc1NC(=O)[C@@H](C)OC(=O)c1cccc(S(=O)(=O)NCc2ccco2)c1. The van der Waals surface area contributed by atoms with Gasteiger partial charge >= 0.3 is 5.97 Å². The molecule has 0 aliphatic carbocycles. The van der Waals surface area contributed by atoms with E-state index < -0.39 is 28.0 Å². The number of hydrogen-bond donors (Lipinski definition) is 2. The van der Waals surface area contributed by atoms with E-state index in [9.17, 15) is 18.0 Å². The van der Waals surface area contributed by atoms with Crippen molar-refractivity contribution in [3.63, 3.8) is 0 Å². The summed E-state index contributed by atoms with van der Waals surface area (Å²) < 4.78 is 39.4. The quantitative estimate of drug-likeness (QED) is 0.469. The molecule has 0 bridgehead atoms. The summed E-state index contributed by atoms with van der Waals surface area (Å²) >= 11 is 0. The van der Waals surface area contributed by atoms with E-state index in [0.29, 0.717) is 11.6 Å². The van der Waals surface area contributed by atoms with E-state index in [4.69, 9.17) is 9.15 Å². The predicted octanol–water partition coefficient (Wildman–Crippen LogP) is 2.72. The molecule has 2 N–H and O–H groups in total. The van der Waals surface area contributed by atoms with Crippen molar-refractivity contribution in [1.82, 2.24) is 14.5 Å². The van der Waals surface area contributed by atoms with Crippen LogP contribution in [0.2, 0.25) is 0 Å². The molecule has 1 aromatic carbocycles. The van der Waals surface area contributed by atoms with Gasteiger partial charge in [0.05, 0.1) is 29.5 Å². The first-order valence-corrected chi connectivity index (χ1v) is 11.3. The van der Waals surface area contributed by atoms with Crippen molar-refractivity contribution >= 4 is 27.7 Å². The van der Waals surface area contributed by atoms with E-state index in [2.05, 4.69) is 15.1 Å². The Hall–Kier alpha value is -3.44. The summed E-state index contributed by atoms with van der Waals surface area (Å²) in [6, 6.07) is 10.3. The van der Waals surface area contributed by atoms with E-state index in [1.165, 1.54) is 37.5 Å². The predicted molar refractivity (Wildman–Crippen MR) is 115 cm³/mol. The van der Waals surface area contributed by atoms with Crippen LogP contribution < -0.4 is 10.0 Å². The molecule has 0 unspecified atom stereocenters. The number of aromatic nitrogens is 2. The minimum atomic E-state index is -3.89. The molecular weight excluding hydrogens is 436 g/mol. The normalized spacial score (nSPS) is 12.5. The van der Waals surface area contributed by atoms with Crippen LogP contribution in [-0.2, 0) is 26.1 Å². The first kappa shape index (κ1) is 23.2. The van der Waals surface area contributed by atoms with Gasteiger partial charge in [0.1, 0.15) is 11.6 Å². The number of amides is 1. The number of esters is 1. The number of sulfonamides is 1. The van der Waals surface area contributed by atoms with Crippen molar-refractivity contribution in [3.05, 3.63) is 66.2 Å². The molecule has 2 heterocycles. The highest BCUT2D eigenvalue weighted by atomic mass is 32.2. The van der Waals surface area contributed by atoms with E-state index >= 15 is 0 Å². The summed E-state index contributed by atoms with van der Waals surface area (Å²) in [5.74, 6) is -0.441. The summed E-state index contributed by atoms with van der Waals surface area (Å²) in [7, 11) is -3.89. The number of carbonyl (C=O) groups is 2. The van der Waals surface area contributed by atoms with Crippen LogP contribution >= 0.6 is 0 Å². The molecule has 1 amide bonds. The molecule has 0 fully saturated rings. The summed E-state index contributed by atoms with van der Waals surface area (Å²) in [4.78, 5) is 24.8. The third-order valence-corrected chi connectivity index (χ3v) is 5.86. The fourth-order valence-electron chi connectivity index (χ4n) is 2.79. The average Bonchev–Trinajstić information content (AvgIpc) is 3.44. The Kier molecular flexibility index (Phi) is 7.11. The van der Waals surface area contributed by atoms with Gasteiger partial charge in [-0.05, 0) is 51.1 Å². The number of anilines is 1. The van der Waals surface area contributed by atoms with Crippen molar-refractivity contribution in [3.8, 4) is 0 Å². The van der Waals surface area contributed by atoms with Gasteiger partial charge in [0.2, 0.25) is 10.0 Å². The van der Waals surface area contributed by atoms with Crippen LogP contribution in [0, 0.1) is 0 Å². The topological polar surface area (TPSA) is 133 Å². The maximum absolute atomic E-state index is 12.5. The van der Waals surface area contributed by atoms with E-state index in [0.717, 1.165) is 0 Å². The van der Waals surface area contributed by atoms with E-state index in [1.807, 2.05) is 13.8 Å². The van der Waals surface area contributed by atoms with Crippen LogP contribution in [0.25, 0.3) is 0 Å². The van der Waals surface area contributed by atoms with Gasteiger partial charge in [-0.25, -0.2) is 22.6 Å². The smallest absolute Gasteiger partial charge is 0.338 e. The Morgan fingerprint density at radius 3 is 2.62 bits per heavy atom. The summed E-state index contributed by atoms with van der Waals surface area (Å²) in [6.07, 6.45) is 1.88. The third kappa shape index (κ3) is 5.62. The number of nitrogens with one attached hydrogen (secondary N) is 2. The Morgan fingerprint density at radius 1 is 1.16 bits per heavy atom. The molecule has 0 saturated carbocycles. The second-order valence-electron chi connectivity index (χ2n) is 7.22. The second kappa shape index (κ2) is 9.79. The van der Waals surface area contributed by atoms with Crippen molar-refractivity contribution in [2.45, 2.75) is 44.4 Å². The van der Waals surface area contributed by atoms with Gasteiger partial charge in [-0.1, -0.05) is 6.07 Å². The average molecular weight is 461 g/mol. The number of nitrogens with zero attached hydrogens (tertiary/aromatic N) is 2. The molecule has 0 radical (unpaired) electrons. The van der Waals surface area contributed by atoms with Crippen LogP contribution in [-0.4, -0.2) is 36.2 Å². The number of benzene rings is 1. The first-order valence-electron chi connectivity index (χ1n) is 9.85. The molecule has 0 aliphatic heterocycles. The molecule has 32 heavy (non-hydrogen) atoms. The highest BCUT2D eigenvalue weighted by molar-refractivity contribution is 7.89. The Bertz CT molecular complexity index is 1180. The van der Waals surface area contributed by atoms with Crippen molar-refractivity contribution in [1.29, 1.82) is 0 Å². The number of furan rings is 1. The molecule has 2 aromatic heterocycles. The Balaban J connectivity index is 1.64. The maximum atomic E-state index is 12.5. The summed E-state index contributed by atoms with van der Waals surface area (Å²) in [6.45, 7) is 5.22. The summed E-state index contributed by atoms with van der Waals surface area (Å²) in [5, 5.41) is 6.79. The number of ether oxygens (including phenoxy) is 1. The van der Waals surface area contributed by atoms with E-state index in [1.54, 1.807) is 29.1 Å². The standard InChI is InChI=1S/C21H24N4O6S/c1-14(2)25-19(9-10-22-25)24-20(26)15(3)31-21(27)16-6-4-8-18(12-16)32(28,29)23-13-17-7-5-11-30-17/h4-12,14-15,23H,13H2,1-3H3,(H,24,26)/t15-/m1/s1. The van der Waals surface area contributed by atoms with Crippen LogP contribution in [0.5, 0.6) is 0 Å². The minimum Gasteiger partial charge on any atom is -0.468 e.